The van der Waals surface area contributed by atoms with Gasteiger partial charge in [0, 0.05) is 10.6 Å². The molecule has 1 N–H and O–H groups in total. The standard InChI is InChI=1S/C18H12Cl2FNO4S/c1-26-14-6-9(5-12(20)16(14)23)7-15-17(24)22(18(25)27-15)8-10-11(19)3-2-4-13(10)21/h2-7,23H,8H2,1H3/b15-7-. The summed E-state index contributed by atoms with van der Waals surface area (Å²) in [6, 6.07) is 7.04. The molecule has 1 aliphatic heterocycles. The van der Waals surface area contributed by atoms with E-state index in [-0.39, 0.29) is 38.6 Å². The van der Waals surface area contributed by atoms with Crippen LogP contribution in [0.2, 0.25) is 10.0 Å². The molecule has 1 fully saturated rings. The number of ether oxygens (including phenoxy) is 1. The number of phenols is 1. The maximum atomic E-state index is 14.0. The number of methoxy groups -OCH3 is 1. The van der Waals surface area contributed by atoms with E-state index in [1.54, 1.807) is 0 Å². The molecule has 9 heteroatoms. The lowest BCUT2D eigenvalue weighted by atomic mass is 10.1. The summed E-state index contributed by atoms with van der Waals surface area (Å²) >= 11 is 12.6. The summed E-state index contributed by atoms with van der Waals surface area (Å²) < 4.78 is 19.0. The number of hydrogen-bond acceptors (Lipinski definition) is 5. The molecule has 0 saturated carbocycles. The van der Waals surface area contributed by atoms with Crippen LogP contribution in [0.15, 0.2) is 35.2 Å². The number of thioether (sulfide) groups is 1. The highest BCUT2D eigenvalue weighted by Crippen LogP contribution is 2.38. The van der Waals surface area contributed by atoms with E-state index in [2.05, 4.69) is 0 Å². The minimum atomic E-state index is -0.597. The Bertz CT molecular complexity index is 960. The number of imide groups is 1. The van der Waals surface area contributed by atoms with Crippen LogP contribution in [-0.4, -0.2) is 28.3 Å². The molecule has 1 aliphatic rings. The van der Waals surface area contributed by atoms with Crippen molar-refractivity contribution in [2.45, 2.75) is 6.54 Å². The first-order chi connectivity index (χ1) is 12.8. The van der Waals surface area contributed by atoms with Crippen molar-refractivity contribution in [3.63, 3.8) is 0 Å². The highest BCUT2D eigenvalue weighted by atomic mass is 35.5. The van der Waals surface area contributed by atoms with Gasteiger partial charge in [0.15, 0.2) is 11.5 Å². The topological polar surface area (TPSA) is 66.8 Å². The smallest absolute Gasteiger partial charge is 0.293 e. The summed E-state index contributed by atoms with van der Waals surface area (Å²) in [5, 5.41) is 9.41. The molecule has 0 aromatic heterocycles. The second kappa shape index (κ2) is 7.80. The average molecular weight is 428 g/mol. The first kappa shape index (κ1) is 19.5. The van der Waals surface area contributed by atoms with Crippen molar-refractivity contribution in [2.24, 2.45) is 0 Å². The molecular formula is C18H12Cl2FNO4S. The molecule has 0 radical (unpaired) electrons. The Hall–Kier alpha value is -2.22. The lowest BCUT2D eigenvalue weighted by Gasteiger charge is -2.14. The summed E-state index contributed by atoms with van der Waals surface area (Å²) in [6.45, 7) is -0.271. The van der Waals surface area contributed by atoms with E-state index in [9.17, 15) is 19.1 Å². The van der Waals surface area contributed by atoms with Crippen molar-refractivity contribution in [3.05, 3.63) is 62.2 Å². The van der Waals surface area contributed by atoms with E-state index in [0.717, 1.165) is 16.7 Å². The number of amides is 2. The predicted molar refractivity (Wildman–Crippen MR) is 103 cm³/mol. The Labute approximate surface area is 168 Å². The van der Waals surface area contributed by atoms with Gasteiger partial charge in [-0.3, -0.25) is 14.5 Å². The Morgan fingerprint density at radius 3 is 2.67 bits per heavy atom. The van der Waals surface area contributed by atoms with Crippen molar-refractivity contribution >= 4 is 52.2 Å². The van der Waals surface area contributed by atoms with Gasteiger partial charge in [0.2, 0.25) is 0 Å². The van der Waals surface area contributed by atoms with Gasteiger partial charge in [0.05, 0.1) is 23.6 Å². The van der Waals surface area contributed by atoms with Crippen LogP contribution in [0.4, 0.5) is 9.18 Å². The zero-order chi connectivity index (χ0) is 19.7. The molecule has 27 heavy (non-hydrogen) atoms. The van der Waals surface area contributed by atoms with Crippen molar-refractivity contribution in [2.75, 3.05) is 7.11 Å². The van der Waals surface area contributed by atoms with Gasteiger partial charge in [-0.1, -0.05) is 29.3 Å². The van der Waals surface area contributed by atoms with Gasteiger partial charge < -0.3 is 9.84 Å². The van der Waals surface area contributed by atoms with Gasteiger partial charge >= 0.3 is 0 Å². The van der Waals surface area contributed by atoms with Crippen LogP contribution in [-0.2, 0) is 11.3 Å². The summed E-state index contributed by atoms with van der Waals surface area (Å²) in [7, 11) is 1.36. The van der Waals surface area contributed by atoms with E-state index >= 15 is 0 Å². The van der Waals surface area contributed by atoms with Gasteiger partial charge in [-0.05, 0) is 47.7 Å². The van der Waals surface area contributed by atoms with Crippen molar-refractivity contribution in [1.82, 2.24) is 4.90 Å². The van der Waals surface area contributed by atoms with Crippen LogP contribution >= 0.6 is 35.0 Å². The fourth-order valence-electron chi connectivity index (χ4n) is 2.46. The SMILES string of the molecule is COc1cc(/C=C2\SC(=O)N(Cc3c(F)cccc3Cl)C2=O)cc(Cl)c1O. The van der Waals surface area contributed by atoms with Gasteiger partial charge in [0.1, 0.15) is 5.82 Å². The predicted octanol–water partition coefficient (Wildman–Crippen LogP) is 5.08. The number of halogens is 3. The molecule has 5 nitrogen and oxygen atoms in total. The van der Waals surface area contributed by atoms with Crippen LogP contribution in [0.1, 0.15) is 11.1 Å². The molecule has 0 spiro atoms. The monoisotopic (exact) mass is 427 g/mol. The van der Waals surface area contributed by atoms with Gasteiger partial charge in [0.25, 0.3) is 11.1 Å². The fraction of sp³-hybridized carbons (Fsp3) is 0.111. The van der Waals surface area contributed by atoms with Crippen molar-refractivity contribution < 1.29 is 23.8 Å². The molecule has 1 heterocycles. The van der Waals surface area contributed by atoms with Crippen LogP contribution in [0.3, 0.4) is 0 Å². The summed E-state index contributed by atoms with van der Waals surface area (Å²) in [6.07, 6.45) is 1.45. The third-order valence-corrected chi connectivity index (χ3v) is 5.37. The molecule has 3 rings (SSSR count). The number of aromatic hydroxyl groups is 1. The van der Waals surface area contributed by atoms with Gasteiger partial charge in [-0.2, -0.15) is 0 Å². The first-order valence-electron chi connectivity index (χ1n) is 7.56. The molecule has 2 amide bonds. The Morgan fingerprint density at radius 1 is 1.26 bits per heavy atom. The third-order valence-electron chi connectivity index (χ3n) is 3.82. The second-order valence-corrected chi connectivity index (χ2v) is 7.33. The minimum Gasteiger partial charge on any atom is -0.503 e. The molecule has 0 bridgehead atoms. The molecule has 1 saturated heterocycles. The van der Waals surface area contributed by atoms with Crippen LogP contribution in [0, 0.1) is 5.82 Å². The molecule has 140 valence electrons. The Balaban J connectivity index is 1.90. The fourth-order valence-corrected chi connectivity index (χ4v) is 3.74. The van der Waals surface area contributed by atoms with Gasteiger partial charge in [-0.25, -0.2) is 4.39 Å². The lowest BCUT2D eigenvalue weighted by molar-refractivity contribution is -0.123. The second-order valence-electron chi connectivity index (χ2n) is 5.52. The molecule has 0 atom stereocenters. The Kier molecular flexibility index (Phi) is 5.64. The molecule has 0 aliphatic carbocycles. The zero-order valence-electron chi connectivity index (χ0n) is 13.8. The molecular weight excluding hydrogens is 416 g/mol. The molecule has 0 unspecified atom stereocenters. The number of hydrogen-bond donors (Lipinski definition) is 1. The van der Waals surface area contributed by atoms with E-state index < -0.39 is 17.0 Å². The van der Waals surface area contributed by atoms with Crippen LogP contribution < -0.4 is 4.74 Å². The quantitative estimate of drug-likeness (QED) is 0.688. The number of carbonyl (C=O) groups is 2. The number of benzene rings is 2. The van der Waals surface area contributed by atoms with Crippen LogP contribution in [0.25, 0.3) is 6.08 Å². The normalized spacial score (nSPS) is 15.7. The van der Waals surface area contributed by atoms with E-state index in [1.807, 2.05) is 0 Å². The number of carbonyl (C=O) groups excluding carboxylic acids is 2. The first-order valence-corrected chi connectivity index (χ1v) is 9.13. The Morgan fingerprint density at radius 2 is 2.00 bits per heavy atom. The highest BCUT2D eigenvalue weighted by Gasteiger charge is 2.36. The van der Waals surface area contributed by atoms with E-state index in [4.69, 9.17) is 27.9 Å². The van der Waals surface area contributed by atoms with Crippen LogP contribution in [0.5, 0.6) is 11.5 Å². The number of phenolic OH excluding ortho intramolecular Hbond substituents is 1. The van der Waals surface area contributed by atoms with Crippen molar-refractivity contribution in [3.8, 4) is 11.5 Å². The maximum absolute atomic E-state index is 14.0. The molecule has 2 aromatic carbocycles. The van der Waals surface area contributed by atoms with Crippen molar-refractivity contribution in [1.29, 1.82) is 0 Å². The zero-order valence-corrected chi connectivity index (χ0v) is 16.2. The lowest BCUT2D eigenvalue weighted by Crippen LogP contribution is -2.28. The molecule has 2 aromatic rings. The van der Waals surface area contributed by atoms with Gasteiger partial charge in [-0.15, -0.1) is 0 Å². The largest absolute Gasteiger partial charge is 0.503 e. The average Bonchev–Trinajstić information content (AvgIpc) is 2.88. The number of rotatable bonds is 4. The summed E-state index contributed by atoms with van der Waals surface area (Å²) in [5.74, 6) is -1.27. The maximum Gasteiger partial charge on any atom is 0.293 e. The van der Waals surface area contributed by atoms with E-state index in [1.165, 1.54) is 43.5 Å². The van der Waals surface area contributed by atoms with E-state index in [0.29, 0.717) is 5.56 Å². The minimum absolute atomic E-state index is 0.0398. The number of nitrogens with zero attached hydrogens (tertiary/aromatic N) is 1. The summed E-state index contributed by atoms with van der Waals surface area (Å²) in [4.78, 5) is 25.9. The highest BCUT2D eigenvalue weighted by molar-refractivity contribution is 8.18. The summed E-state index contributed by atoms with van der Waals surface area (Å²) in [5.41, 5.74) is 0.529. The third kappa shape index (κ3) is 3.90.